The number of carbonyl (C=O) groups is 2. The van der Waals surface area contributed by atoms with Gasteiger partial charge in [0.2, 0.25) is 0 Å². The number of unbranched alkanes of at least 4 members (excludes halogenated alkanes) is 1. The molecule has 19 heavy (non-hydrogen) atoms. The van der Waals surface area contributed by atoms with Crippen LogP contribution in [-0.4, -0.2) is 31.3 Å². The summed E-state index contributed by atoms with van der Waals surface area (Å²) in [6, 6.07) is -0.596. The molecule has 0 bridgehead atoms. The van der Waals surface area contributed by atoms with Gasteiger partial charge in [-0.3, -0.25) is 0 Å². The van der Waals surface area contributed by atoms with Crippen molar-refractivity contribution in [3.8, 4) is 0 Å². The minimum Gasteiger partial charge on any atom is -0.464 e. The summed E-state index contributed by atoms with van der Waals surface area (Å²) in [5, 5.41) is 2.62. The van der Waals surface area contributed by atoms with Crippen LogP contribution >= 0.6 is 0 Å². The van der Waals surface area contributed by atoms with Crippen LogP contribution in [0.3, 0.4) is 0 Å². The smallest absolute Gasteiger partial charge is 0.407 e. The molecule has 5 heteroatoms. The highest BCUT2D eigenvalue weighted by molar-refractivity contribution is 5.81. The van der Waals surface area contributed by atoms with Gasteiger partial charge in [-0.1, -0.05) is 20.3 Å². The van der Waals surface area contributed by atoms with Crippen molar-refractivity contribution in [2.24, 2.45) is 5.41 Å². The third kappa shape index (κ3) is 5.94. The lowest BCUT2D eigenvalue weighted by atomic mass is 9.99. The maximum atomic E-state index is 11.8. The Kier molecular flexibility index (Phi) is 6.12. The standard InChI is InChI=1S/C14H25NO4/c1-4-6-9-19-13(17)15-11(12(16)18-5-2)10-14(3)7-8-14/h11H,4-10H2,1-3H3,(H,15,17)/t11-/m0/s1. The molecule has 0 aromatic heterocycles. The summed E-state index contributed by atoms with van der Waals surface area (Å²) in [5.74, 6) is -0.372. The first kappa shape index (κ1) is 15.8. The summed E-state index contributed by atoms with van der Waals surface area (Å²) in [4.78, 5) is 23.4. The maximum absolute atomic E-state index is 11.8. The van der Waals surface area contributed by atoms with Crippen molar-refractivity contribution in [1.29, 1.82) is 0 Å². The highest BCUT2D eigenvalue weighted by atomic mass is 16.6. The van der Waals surface area contributed by atoms with Crippen LogP contribution in [0.5, 0.6) is 0 Å². The summed E-state index contributed by atoms with van der Waals surface area (Å²) >= 11 is 0. The van der Waals surface area contributed by atoms with Gasteiger partial charge in [-0.25, -0.2) is 9.59 Å². The molecule has 0 heterocycles. The first-order valence-electron chi connectivity index (χ1n) is 7.10. The minimum absolute atomic E-state index is 0.161. The molecule has 0 radical (unpaired) electrons. The van der Waals surface area contributed by atoms with Crippen molar-refractivity contribution >= 4 is 12.1 Å². The quantitative estimate of drug-likeness (QED) is 0.544. The largest absolute Gasteiger partial charge is 0.464 e. The zero-order valence-corrected chi connectivity index (χ0v) is 12.2. The molecule has 1 aliphatic carbocycles. The lowest BCUT2D eigenvalue weighted by Crippen LogP contribution is -2.43. The fourth-order valence-corrected chi connectivity index (χ4v) is 1.84. The Balaban J connectivity index is 2.43. The van der Waals surface area contributed by atoms with Gasteiger partial charge in [-0.05, 0) is 38.0 Å². The number of carbonyl (C=O) groups excluding carboxylic acids is 2. The van der Waals surface area contributed by atoms with E-state index in [2.05, 4.69) is 12.2 Å². The maximum Gasteiger partial charge on any atom is 0.407 e. The number of amides is 1. The molecule has 1 saturated carbocycles. The SMILES string of the molecule is CCCCOC(=O)N[C@@H](CC1(C)CC1)C(=O)OCC. The Bertz CT molecular complexity index is 313. The second-order valence-corrected chi connectivity index (χ2v) is 5.45. The molecular weight excluding hydrogens is 246 g/mol. The van der Waals surface area contributed by atoms with Crippen LogP contribution in [-0.2, 0) is 14.3 Å². The van der Waals surface area contributed by atoms with E-state index in [1.165, 1.54) is 0 Å². The van der Waals surface area contributed by atoms with Crippen LogP contribution < -0.4 is 5.32 Å². The van der Waals surface area contributed by atoms with Crippen molar-refractivity contribution in [3.63, 3.8) is 0 Å². The third-order valence-corrected chi connectivity index (χ3v) is 3.39. The molecule has 0 aromatic rings. The Morgan fingerprint density at radius 1 is 1.26 bits per heavy atom. The van der Waals surface area contributed by atoms with Crippen molar-refractivity contribution < 1.29 is 19.1 Å². The highest BCUT2D eigenvalue weighted by Crippen LogP contribution is 2.48. The molecule has 0 saturated heterocycles. The normalized spacial score (nSPS) is 17.4. The number of hydrogen-bond acceptors (Lipinski definition) is 4. The van der Waals surface area contributed by atoms with E-state index in [0.717, 1.165) is 25.7 Å². The van der Waals surface area contributed by atoms with E-state index in [4.69, 9.17) is 9.47 Å². The molecule has 0 aromatic carbocycles. The molecule has 1 N–H and O–H groups in total. The van der Waals surface area contributed by atoms with Gasteiger partial charge in [0.15, 0.2) is 0 Å². The number of alkyl carbamates (subject to hydrolysis) is 1. The second kappa shape index (κ2) is 7.36. The topological polar surface area (TPSA) is 64.6 Å². The van der Waals surface area contributed by atoms with Crippen molar-refractivity contribution in [1.82, 2.24) is 5.32 Å². The summed E-state index contributed by atoms with van der Waals surface area (Å²) in [7, 11) is 0. The van der Waals surface area contributed by atoms with E-state index in [0.29, 0.717) is 19.6 Å². The average Bonchev–Trinajstić information content (AvgIpc) is 3.07. The Labute approximate surface area is 115 Å². The van der Waals surface area contributed by atoms with E-state index in [1.807, 2.05) is 6.92 Å². The first-order valence-corrected chi connectivity index (χ1v) is 7.10. The van der Waals surface area contributed by atoms with E-state index in [1.54, 1.807) is 6.92 Å². The van der Waals surface area contributed by atoms with Crippen LogP contribution in [0.4, 0.5) is 4.79 Å². The molecule has 1 atom stereocenters. The lowest BCUT2D eigenvalue weighted by Gasteiger charge is -2.20. The van der Waals surface area contributed by atoms with Gasteiger partial charge in [0, 0.05) is 0 Å². The summed E-state index contributed by atoms with van der Waals surface area (Å²) in [6.45, 7) is 6.60. The average molecular weight is 271 g/mol. The second-order valence-electron chi connectivity index (χ2n) is 5.45. The van der Waals surface area contributed by atoms with E-state index >= 15 is 0 Å². The van der Waals surface area contributed by atoms with E-state index in [-0.39, 0.29) is 11.4 Å². The van der Waals surface area contributed by atoms with Gasteiger partial charge >= 0.3 is 12.1 Å². The molecule has 5 nitrogen and oxygen atoms in total. The van der Waals surface area contributed by atoms with Crippen molar-refractivity contribution in [2.45, 2.75) is 58.9 Å². The molecule has 110 valence electrons. The van der Waals surface area contributed by atoms with Crippen LogP contribution in [0, 0.1) is 5.41 Å². The fourth-order valence-electron chi connectivity index (χ4n) is 1.84. The zero-order chi connectivity index (χ0) is 14.3. The first-order chi connectivity index (χ1) is 9.00. The monoisotopic (exact) mass is 271 g/mol. The number of ether oxygens (including phenoxy) is 2. The van der Waals surface area contributed by atoms with Gasteiger partial charge in [0.25, 0.3) is 0 Å². The summed E-state index contributed by atoms with van der Waals surface area (Å²) in [5.41, 5.74) is 0.161. The predicted molar refractivity (Wildman–Crippen MR) is 71.8 cm³/mol. The van der Waals surface area contributed by atoms with E-state index in [9.17, 15) is 9.59 Å². The van der Waals surface area contributed by atoms with Crippen LogP contribution in [0.2, 0.25) is 0 Å². The van der Waals surface area contributed by atoms with Gasteiger partial charge in [0.05, 0.1) is 13.2 Å². The Hall–Kier alpha value is -1.26. The zero-order valence-electron chi connectivity index (χ0n) is 12.2. The fraction of sp³-hybridized carbons (Fsp3) is 0.857. The summed E-state index contributed by atoms with van der Waals surface area (Å²) < 4.78 is 10.0. The van der Waals surface area contributed by atoms with E-state index < -0.39 is 12.1 Å². The predicted octanol–water partition coefficient (Wildman–Crippen LogP) is 2.63. The molecular formula is C14H25NO4. The number of esters is 1. The molecule has 1 amide bonds. The van der Waals surface area contributed by atoms with Crippen LogP contribution in [0.25, 0.3) is 0 Å². The molecule has 1 rings (SSSR count). The molecule has 0 unspecified atom stereocenters. The molecule has 1 aliphatic rings. The van der Waals surface area contributed by atoms with Crippen molar-refractivity contribution in [2.75, 3.05) is 13.2 Å². The van der Waals surface area contributed by atoms with Gasteiger partial charge in [-0.2, -0.15) is 0 Å². The lowest BCUT2D eigenvalue weighted by molar-refractivity contribution is -0.146. The number of hydrogen-bond donors (Lipinski definition) is 1. The highest BCUT2D eigenvalue weighted by Gasteiger charge is 2.42. The number of nitrogens with one attached hydrogen (secondary N) is 1. The Morgan fingerprint density at radius 3 is 2.47 bits per heavy atom. The Morgan fingerprint density at radius 2 is 1.95 bits per heavy atom. The van der Waals surface area contributed by atoms with Gasteiger partial charge < -0.3 is 14.8 Å². The third-order valence-electron chi connectivity index (χ3n) is 3.39. The number of rotatable bonds is 8. The van der Waals surface area contributed by atoms with Crippen molar-refractivity contribution in [3.05, 3.63) is 0 Å². The van der Waals surface area contributed by atoms with Gasteiger partial charge in [0.1, 0.15) is 6.04 Å². The summed E-state index contributed by atoms with van der Waals surface area (Å²) in [6.07, 6.45) is 4.07. The molecule has 1 fully saturated rings. The van der Waals surface area contributed by atoms with Gasteiger partial charge in [-0.15, -0.1) is 0 Å². The van der Waals surface area contributed by atoms with Crippen LogP contribution in [0.1, 0.15) is 52.9 Å². The molecule has 0 spiro atoms. The van der Waals surface area contributed by atoms with Crippen LogP contribution in [0.15, 0.2) is 0 Å². The molecule has 0 aliphatic heterocycles. The minimum atomic E-state index is -0.596.